The molecule has 6 heteroatoms. The van der Waals surface area contributed by atoms with E-state index in [1.807, 2.05) is 37.3 Å². The predicted molar refractivity (Wildman–Crippen MR) is 79.9 cm³/mol. The second kappa shape index (κ2) is 7.44. The van der Waals surface area contributed by atoms with E-state index < -0.39 is 0 Å². The van der Waals surface area contributed by atoms with Crippen LogP contribution in [0, 0.1) is 0 Å². The summed E-state index contributed by atoms with van der Waals surface area (Å²) in [4.78, 5) is 11.8. The zero-order valence-corrected chi connectivity index (χ0v) is 11.9. The molecule has 0 unspecified atom stereocenters. The summed E-state index contributed by atoms with van der Waals surface area (Å²) in [6, 6.07) is 10.8. The molecule has 0 saturated heterocycles. The van der Waals surface area contributed by atoms with Crippen molar-refractivity contribution >= 4 is 11.8 Å². The number of anilines is 1. The SMILES string of the molecule is CC[C@@H](CCO)NC(=O)Nc1cc(-c2ccccc2)on1. The third-order valence-corrected chi connectivity index (χ3v) is 3.12. The molecule has 1 heterocycles. The van der Waals surface area contributed by atoms with Crippen molar-refractivity contribution in [3.8, 4) is 11.3 Å². The lowest BCUT2D eigenvalue weighted by Gasteiger charge is -2.15. The molecule has 21 heavy (non-hydrogen) atoms. The van der Waals surface area contributed by atoms with Crippen molar-refractivity contribution in [3.63, 3.8) is 0 Å². The maximum Gasteiger partial charge on any atom is 0.320 e. The molecule has 0 aliphatic heterocycles. The van der Waals surface area contributed by atoms with Crippen molar-refractivity contribution in [2.75, 3.05) is 11.9 Å². The van der Waals surface area contributed by atoms with E-state index in [1.54, 1.807) is 6.07 Å². The summed E-state index contributed by atoms with van der Waals surface area (Å²) in [5.74, 6) is 0.943. The number of carbonyl (C=O) groups excluding carboxylic acids is 1. The number of aliphatic hydroxyl groups excluding tert-OH is 1. The van der Waals surface area contributed by atoms with Crippen molar-refractivity contribution in [2.24, 2.45) is 0 Å². The normalized spacial score (nSPS) is 11.9. The number of hydrogen-bond donors (Lipinski definition) is 3. The number of amides is 2. The van der Waals surface area contributed by atoms with E-state index in [1.165, 1.54) is 0 Å². The molecule has 6 nitrogen and oxygen atoms in total. The number of aliphatic hydroxyl groups is 1. The number of nitrogens with one attached hydrogen (secondary N) is 2. The molecule has 2 aromatic rings. The molecule has 2 amide bonds. The number of benzene rings is 1. The Morgan fingerprint density at radius 2 is 2.14 bits per heavy atom. The Morgan fingerprint density at radius 3 is 2.81 bits per heavy atom. The Kier molecular flexibility index (Phi) is 5.34. The third kappa shape index (κ3) is 4.32. The highest BCUT2D eigenvalue weighted by atomic mass is 16.5. The van der Waals surface area contributed by atoms with Crippen LogP contribution >= 0.6 is 0 Å². The Bertz CT molecular complexity index is 569. The summed E-state index contributed by atoms with van der Waals surface area (Å²) in [7, 11) is 0. The van der Waals surface area contributed by atoms with E-state index in [0.717, 1.165) is 12.0 Å². The molecular formula is C15H19N3O3. The van der Waals surface area contributed by atoms with Gasteiger partial charge in [0.1, 0.15) is 0 Å². The molecule has 0 aliphatic carbocycles. The van der Waals surface area contributed by atoms with Crippen LogP contribution in [0.1, 0.15) is 19.8 Å². The molecule has 0 bridgehead atoms. The minimum Gasteiger partial charge on any atom is -0.396 e. The average Bonchev–Trinajstić information content (AvgIpc) is 2.96. The summed E-state index contributed by atoms with van der Waals surface area (Å²) < 4.78 is 5.20. The Balaban J connectivity index is 1.95. The van der Waals surface area contributed by atoms with Crippen LogP contribution in [-0.2, 0) is 0 Å². The van der Waals surface area contributed by atoms with E-state index in [4.69, 9.17) is 9.63 Å². The smallest absolute Gasteiger partial charge is 0.320 e. The Morgan fingerprint density at radius 1 is 1.38 bits per heavy atom. The van der Waals surface area contributed by atoms with E-state index in [9.17, 15) is 4.79 Å². The lowest BCUT2D eigenvalue weighted by Crippen LogP contribution is -2.38. The Labute approximate surface area is 123 Å². The first-order chi connectivity index (χ1) is 10.2. The molecule has 1 atom stereocenters. The second-order valence-electron chi connectivity index (χ2n) is 4.66. The highest BCUT2D eigenvalue weighted by Crippen LogP contribution is 2.21. The van der Waals surface area contributed by atoms with Crippen LogP contribution in [-0.4, -0.2) is 28.9 Å². The average molecular weight is 289 g/mol. The number of urea groups is 1. The van der Waals surface area contributed by atoms with Crippen LogP contribution in [0.4, 0.5) is 10.6 Å². The number of hydrogen-bond acceptors (Lipinski definition) is 4. The van der Waals surface area contributed by atoms with Crippen LogP contribution in [0.2, 0.25) is 0 Å². The molecule has 1 aromatic heterocycles. The monoisotopic (exact) mass is 289 g/mol. The van der Waals surface area contributed by atoms with Crippen molar-refractivity contribution in [1.82, 2.24) is 10.5 Å². The van der Waals surface area contributed by atoms with Gasteiger partial charge >= 0.3 is 6.03 Å². The van der Waals surface area contributed by atoms with Gasteiger partial charge in [-0.25, -0.2) is 4.79 Å². The van der Waals surface area contributed by atoms with E-state index >= 15 is 0 Å². The van der Waals surface area contributed by atoms with Crippen molar-refractivity contribution < 1.29 is 14.4 Å². The van der Waals surface area contributed by atoms with Gasteiger partial charge in [0, 0.05) is 24.3 Å². The fraction of sp³-hybridized carbons (Fsp3) is 0.333. The zero-order valence-electron chi connectivity index (χ0n) is 11.9. The maximum atomic E-state index is 11.8. The quantitative estimate of drug-likeness (QED) is 0.763. The minimum atomic E-state index is -0.358. The van der Waals surface area contributed by atoms with Gasteiger partial charge in [0.2, 0.25) is 0 Å². The molecule has 112 valence electrons. The molecule has 0 spiro atoms. The zero-order chi connectivity index (χ0) is 15.1. The number of aromatic nitrogens is 1. The molecule has 0 radical (unpaired) electrons. The van der Waals surface area contributed by atoms with Gasteiger partial charge in [-0.2, -0.15) is 0 Å². The van der Waals surface area contributed by atoms with Crippen molar-refractivity contribution in [2.45, 2.75) is 25.8 Å². The van der Waals surface area contributed by atoms with Crippen LogP contribution in [0.15, 0.2) is 40.9 Å². The van der Waals surface area contributed by atoms with Gasteiger partial charge < -0.3 is 14.9 Å². The fourth-order valence-electron chi connectivity index (χ4n) is 1.94. The third-order valence-electron chi connectivity index (χ3n) is 3.12. The second-order valence-corrected chi connectivity index (χ2v) is 4.66. The molecule has 0 saturated carbocycles. The lowest BCUT2D eigenvalue weighted by atomic mass is 10.1. The van der Waals surface area contributed by atoms with E-state index in [-0.39, 0.29) is 18.7 Å². The number of carbonyl (C=O) groups is 1. The summed E-state index contributed by atoms with van der Waals surface area (Å²) in [5.41, 5.74) is 0.894. The minimum absolute atomic E-state index is 0.0426. The van der Waals surface area contributed by atoms with Gasteiger partial charge in [-0.3, -0.25) is 5.32 Å². The van der Waals surface area contributed by atoms with E-state index in [0.29, 0.717) is 18.0 Å². The fourth-order valence-corrected chi connectivity index (χ4v) is 1.94. The van der Waals surface area contributed by atoms with Gasteiger partial charge in [0.15, 0.2) is 11.6 Å². The maximum absolute atomic E-state index is 11.8. The van der Waals surface area contributed by atoms with Gasteiger partial charge in [-0.1, -0.05) is 42.4 Å². The summed E-state index contributed by atoms with van der Waals surface area (Å²) in [6.07, 6.45) is 1.28. The highest BCUT2D eigenvalue weighted by Gasteiger charge is 2.12. The van der Waals surface area contributed by atoms with Gasteiger partial charge in [0.05, 0.1) is 0 Å². The molecule has 0 fully saturated rings. The van der Waals surface area contributed by atoms with Crippen LogP contribution in [0.3, 0.4) is 0 Å². The van der Waals surface area contributed by atoms with E-state index in [2.05, 4.69) is 15.8 Å². The standard InChI is InChI=1S/C15H19N3O3/c1-2-12(8-9-19)16-15(20)17-14-10-13(21-18-14)11-6-4-3-5-7-11/h3-7,10,12,19H,2,8-9H2,1H3,(H2,16,17,18,20)/t12-/m0/s1. The van der Waals surface area contributed by atoms with Crippen LogP contribution < -0.4 is 10.6 Å². The largest absolute Gasteiger partial charge is 0.396 e. The molecule has 3 N–H and O–H groups in total. The van der Waals surface area contributed by atoms with Crippen molar-refractivity contribution in [3.05, 3.63) is 36.4 Å². The molecular weight excluding hydrogens is 270 g/mol. The highest BCUT2D eigenvalue weighted by molar-refractivity contribution is 5.88. The summed E-state index contributed by atoms with van der Waals surface area (Å²) in [6.45, 7) is 1.99. The van der Waals surface area contributed by atoms with Gasteiger partial charge in [-0.05, 0) is 12.8 Å². The first kappa shape index (κ1) is 15.1. The number of nitrogens with zero attached hydrogens (tertiary/aromatic N) is 1. The summed E-state index contributed by atoms with van der Waals surface area (Å²) >= 11 is 0. The van der Waals surface area contributed by atoms with Crippen molar-refractivity contribution in [1.29, 1.82) is 0 Å². The molecule has 2 rings (SSSR count). The lowest BCUT2D eigenvalue weighted by molar-refractivity contribution is 0.237. The topological polar surface area (TPSA) is 87.4 Å². The number of rotatable bonds is 6. The molecule has 1 aromatic carbocycles. The van der Waals surface area contributed by atoms with Gasteiger partial charge in [-0.15, -0.1) is 0 Å². The molecule has 0 aliphatic rings. The summed E-state index contributed by atoms with van der Waals surface area (Å²) in [5, 5.41) is 18.1. The van der Waals surface area contributed by atoms with Crippen LogP contribution in [0.25, 0.3) is 11.3 Å². The first-order valence-electron chi connectivity index (χ1n) is 6.93. The predicted octanol–water partition coefficient (Wildman–Crippen LogP) is 2.62. The van der Waals surface area contributed by atoms with Crippen LogP contribution in [0.5, 0.6) is 0 Å². The first-order valence-corrected chi connectivity index (χ1v) is 6.93. The van der Waals surface area contributed by atoms with Gasteiger partial charge in [0.25, 0.3) is 0 Å². The Hall–Kier alpha value is -2.34.